The van der Waals surface area contributed by atoms with Crippen molar-refractivity contribution in [2.24, 2.45) is 10.9 Å². The Kier molecular flexibility index (Phi) is 3.59. The average molecular weight is 260 g/mol. The summed E-state index contributed by atoms with van der Waals surface area (Å²) in [6.45, 7) is 3.26. The molecule has 1 heterocycles. The van der Waals surface area contributed by atoms with Crippen molar-refractivity contribution in [3.05, 3.63) is 35.9 Å². The van der Waals surface area contributed by atoms with Crippen molar-refractivity contribution in [2.45, 2.75) is 37.5 Å². The third kappa shape index (κ3) is 2.56. The van der Waals surface area contributed by atoms with Crippen LogP contribution in [0.5, 0.6) is 0 Å². The van der Waals surface area contributed by atoms with E-state index in [2.05, 4.69) is 47.6 Å². The Bertz CT molecular complexity index is 429. The molecule has 1 aliphatic carbocycles. The van der Waals surface area contributed by atoms with Gasteiger partial charge in [-0.3, -0.25) is 4.99 Å². The van der Waals surface area contributed by atoms with Crippen molar-refractivity contribution in [2.75, 3.05) is 6.54 Å². The molecule has 1 aromatic carbocycles. The fourth-order valence-electron chi connectivity index (χ4n) is 2.81. The largest absolute Gasteiger partial charge is 0.362 e. The van der Waals surface area contributed by atoms with Gasteiger partial charge in [-0.05, 0) is 24.3 Å². The number of aliphatic imine (C=N–C) groups is 1. The maximum Gasteiger partial charge on any atom is 0.157 e. The molecule has 18 heavy (non-hydrogen) atoms. The first-order chi connectivity index (χ1) is 8.83. The molecule has 1 saturated carbocycles. The second-order valence-electron chi connectivity index (χ2n) is 5.32. The van der Waals surface area contributed by atoms with Gasteiger partial charge in [0.2, 0.25) is 0 Å². The number of benzene rings is 1. The number of rotatable bonds is 2. The van der Waals surface area contributed by atoms with Crippen LogP contribution in [0.25, 0.3) is 0 Å². The zero-order valence-electron chi connectivity index (χ0n) is 10.8. The van der Waals surface area contributed by atoms with Crippen molar-refractivity contribution in [1.29, 1.82) is 0 Å². The fraction of sp³-hybridized carbons (Fsp3) is 0.533. The minimum atomic E-state index is 0.505. The Hall–Kier alpha value is -0.960. The molecule has 0 bridgehead atoms. The second-order valence-corrected chi connectivity index (χ2v) is 6.51. The predicted molar refractivity (Wildman–Crippen MR) is 79.0 cm³/mol. The van der Waals surface area contributed by atoms with E-state index in [0.717, 1.165) is 17.6 Å². The number of hydrogen-bond acceptors (Lipinski definition) is 3. The van der Waals surface area contributed by atoms with E-state index >= 15 is 0 Å². The number of thioether (sulfide) groups is 1. The first-order valence-electron chi connectivity index (χ1n) is 6.85. The molecule has 0 radical (unpaired) electrons. The van der Waals surface area contributed by atoms with E-state index in [1.165, 1.54) is 24.8 Å². The summed E-state index contributed by atoms with van der Waals surface area (Å²) in [5, 5.41) is 5.30. The predicted octanol–water partition coefficient (Wildman–Crippen LogP) is 3.61. The van der Waals surface area contributed by atoms with Gasteiger partial charge in [0.15, 0.2) is 5.17 Å². The average Bonchev–Trinajstić information content (AvgIpc) is 3.02. The monoisotopic (exact) mass is 260 g/mol. The molecule has 0 spiro atoms. The van der Waals surface area contributed by atoms with Crippen LogP contribution >= 0.6 is 11.8 Å². The van der Waals surface area contributed by atoms with Crippen LogP contribution in [-0.2, 0) is 0 Å². The molecule has 1 aliphatic heterocycles. The summed E-state index contributed by atoms with van der Waals surface area (Å²) < 4.78 is 0. The van der Waals surface area contributed by atoms with Gasteiger partial charge in [-0.15, -0.1) is 0 Å². The highest BCUT2D eigenvalue weighted by Crippen LogP contribution is 2.35. The number of hydrogen-bond donors (Lipinski definition) is 1. The summed E-state index contributed by atoms with van der Waals surface area (Å²) in [5.74, 6) is 0.795. The SMILES string of the molecule is CC1CCCC1NC1=NCC(c2ccccc2)S1. The first kappa shape index (κ1) is 12.1. The summed E-state index contributed by atoms with van der Waals surface area (Å²) in [6.07, 6.45) is 4.02. The zero-order chi connectivity index (χ0) is 12.4. The highest BCUT2D eigenvalue weighted by Gasteiger charge is 2.27. The van der Waals surface area contributed by atoms with Crippen LogP contribution in [0.4, 0.5) is 0 Å². The minimum Gasteiger partial charge on any atom is -0.362 e. The standard InChI is InChI=1S/C15H20N2S/c1-11-6-5-9-13(11)17-15-16-10-14(18-15)12-7-3-2-4-8-12/h2-4,7-8,11,13-14H,5-6,9-10H2,1H3,(H,16,17). The van der Waals surface area contributed by atoms with Gasteiger partial charge in [-0.2, -0.15) is 0 Å². The summed E-state index contributed by atoms with van der Waals surface area (Å²) in [5.41, 5.74) is 1.39. The zero-order valence-corrected chi connectivity index (χ0v) is 11.6. The summed E-state index contributed by atoms with van der Waals surface area (Å²) in [7, 11) is 0. The molecule has 96 valence electrons. The van der Waals surface area contributed by atoms with E-state index in [1.54, 1.807) is 0 Å². The summed E-state index contributed by atoms with van der Waals surface area (Å²) in [4.78, 5) is 4.66. The second kappa shape index (κ2) is 5.35. The van der Waals surface area contributed by atoms with Gasteiger partial charge >= 0.3 is 0 Å². The Morgan fingerprint density at radius 1 is 1.22 bits per heavy atom. The molecule has 3 rings (SSSR count). The lowest BCUT2D eigenvalue weighted by Crippen LogP contribution is -2.34. The topological polar surface area (TPSA) is 24.4 Å². The highest BCUT2D eigenvalue weighted by molar-refractivity contribution is 8.14. The van der Waals surface area contributed by atoms with Crippen LogP contribution in [0.15, 0.2) is 35.3 Å². The Balaban J connectivity index is 1.58. The number of nitrogens with zero attached hydrogens (tertiary/aromatic N) is 1. The van der Waals surface area contributed by atoms with Crippen molar-refractivity contribution >= 4 is 16.9 Å². The molecule has 3 atom stereocenters. The Labute approximate surface area is 113 Å². The minimum absolute atomic E-state index is 0.505. The molecule has 0 amide bonds. The molecule has 1 aromatic rings. The molecule has 0 saturated heterocycles. The van der Waals surface area contributed by atoms with Gasteiger partial charge in [0, 0.05) is 6.04 Å². The maximum atomic E-state index is 4.66. The van der Waals surface area contributed by atoms with Gasteiger partial charge in [0.05, 0.1) is 11.8 Å². The summed E-state index contributed by atoms with van der Waals surface area (Å²) >= 11 is 1.89. The lowest BCUT2D eigenvalue weighted by molar-refractivity contribution is 0.489. The molecular weight excluding hydrogens is 240 g/mol. The third-order valence-corrected chi connectivity index (χ3v) is 5.17. The van der Waals surface area contributed by atoms with E-state index in [0.29, 0.717) is 11.3 Å². The smallest absolute Gasteiger partial charge is 0.157 e. The van der Waals surface area contributed by atoms with Crippen LogP contribution in [0.3, 0.4) is 0 Å². The van der Waals surface area contributed by atoms with Crippen LogP contribution in [-0.4, -0.2) is 17.8 Å². The lowest BCUT2D eigenvalue weighted by Gasteiger charge is -2.18. The molecule has 3 unspecified atom stereocenters. The van der Waals surface area contributed by atoms with Gasteiger partial charge in [-0.1, -0.05) is 55.4 Å². The third-order valence-electron chi connectivity index (χ3n) is 4.00. The maximum absolute atomic E-state index is 4.66. The molecule has 2 nitrogen and oxygen atoms in total. The number of nitrogens with one attached hydrogen (secondary N) is 1. The van der Waals surface area contributed by atoms with Crippen molar-refractivity contribution < 1.29 is 0 Å². The van der Waals surface area contributed by atoms with E-state index in [-0.39, 0.29) is 0 Å². The van der Waals surface area contributed by atoms with Gasteiger partial charge in [0.25, 0.3) is 0 Å². The molecular formula is C15H20N2S. The molecule has 3 heteroatoms. The lowest BCUT2D eigenvalue weighted by atomic mass is 10.1. The fourth-order valence-corrected chi connectivity index (χ4v) is 3.89. The van der Waals surface area contributed by atoms with Crippen molar-refractivity contribution in [1.82, 2.24) is 5.32 Å². The molecule has 1 N–H and O–H groups in total. The van der Waals surface area contributed by atoms with Gasteiger partial charge in [0.1, 0.15) is 0 Å². The van der Waals surface area contributed by atoms with Crippen LogP contribution in [0.1, 0.15) is 37.0 Å². The first-order valence-corrected chi connectivity index (χ1v) is 7.73. The molecule has 1 fully saturated rings. The number of amidine groups is 1. The van der Waals surface area contributed by atoms with Crippen molar-refractivity contribution in [3.63, 3.8) is 0 Å². The molecule has 2 aliphatic rings. The van der Waals surface area contributed by atoms with E-state index in [9.17, 15) is 0 Å². The molecule has 0 aromatic heterocycles. The van der Waals surface area contributed by atoms with E-state index < -0.39 is 0 Å². The normalized spacial score (nSPS) is 31.4. The van der Waals surface area contributed by atoms with Crippen LogP contribution < -0.4 is 5.32 Å². The van der Waals surface area contributed by atoms with Crippen LogP contribution in [0, 0.1) is 5.92 Å². The Morgan fingerprint density at radius 2 is 2.06 bits per heavy atom. The van der Waals surface area contributed by atoms with Crippen LogP contribution in [0.2, 0.25) is 0 Å². The quantitative estimate of drug-likeness (QED) is 0.878. The highest BCUT2D eigenvalue weighted by atomic mass is 32.2. The van der Waals surface area contributed by atoms with Gasteiger partial charge < -0.3 is 5.32 Å². The van der Waals surface area contributed by atoms with Gasteiger partial charge in [-0.25, -0.2) is 0 Å². The summed E-state index contributed by atoms with van der Waals surface area (Å²) in [6, 6.07) is 11.3. The van der Waals surface area contributed by atoms with Crippen molar-refractivity contribution in [3.8, 4) is 0 Å². The van der Waals surface area contributed by atoms with E-state index in [4.69, 9.17) is 0 Å². The Morgan fingerprint density at radius 3 is 2.78 bits per heavy atom. The van der Waals surface area contributed by atoms with E-state index in [1.807, 2.05) is 11.8 Å².